The lowest BCUT2D eigenvalue weighted by atomic mass is 9.77. The molecule has 0 saturated carbocycles. The molecule has 1 unspecified atom stereocenters. The molecule has 1 aliphatic rings. The third-order valence-electron chi connectivity index (χ3n) is 3.46. The van der Waals surface area contributed by atoms with Gasteiger partial charge in [-0.3, -0.25) is 9.59 Å². The predicted molar refractivity (Wildman–Crippen MR) is 73.8 cm³/mol. The van der Waals surface area contributed by atoms with Gasteiger partial charge in [-0.05, 0) is 18.4 Å². The van der Waals surface area contributed by atoms with Gasteiger partial charge in [0, 0.05) is 5.56 Å². The van der Waals surface area contributed by atoms with Gasteiger partial charge < -0.3 is 0 Å². The molecule has 0 fully saturated rings. The van der Waals surface area contributed by atoms with Crippen molar-refractivity contribution in [3.63, 3.8) is 0 Å². The van der Waals surface area contributed by atoms with Gasteiger partial charge in [0.2, 0.25) is 0 Å². The predicted octanol–water partition coefficient (Wildman–Crippen LogP) is 3.51. The Morgan fingerprint density at radius 3 is 2.59 bits per heavy atom. The number of rotatable bonds is 3. The fourth-order valence-corrected chi connectivity index (χ4v) is 3.30. The van der Waals surface area contributed by atoms with Crippen molar-refractivity contribution in [3.8, 4) is 0 Å². The van der Waals surface area contributed by atoms with E-state index >= 15 is 0 Å². The summed E-state index contributed by atoms with van der Waals surface area (Å²) in [6.45, 7) is 1.89. The molecule has 0 N–H and O–H groups in total. The van der Waals surface area contributed by atoms with Gasteiger partial charge in [0.15, 0.2) is 11.6 Å². The fraction of sp³-hybridized carbons (Fsp3) is 0.385. The van der Waals surface area contributed by atoms with E-state index < -0.39 is 9.15 Å². The quantitative estimate of drug-likeness (QED) is 0.611. The number of hydrogen-bond donors (Lipinski definition) is 0. The monoisotopic (exact) mass is 358 g/mol. The van der Waals surface area contributed by atoms with E-state index in [9.17, 15) is 9.59 Å². The molecule has 0 saturated heterocycles. The van der Waals surface area contributed by atoms with Gasteiger partial charge in [0.05, 0.1) is 5.41 Å². The highest BCUT2D eigenvalue weighted by Crippen LogP contribution is 2.42. The summed E-state index contributed by atoms with van der Waals surface area (Å²) in [5.74, 6) is -0.120. The summed E-state index contributed by atoms with van der Waals surface area (Å²) >= 11 is 6.43. The van der Waals surface area contributed by atoms with Crippen molar-refractivity contribution >= 4 is 43.4 Å². The minimum absolute atomic E-state index is 0.0375. The van der Waals surface area contributed by atoms with Crippen molar-refractivity contribution in [2.45, 2.75) is 23.5 Å². The van der Waals surface area contributed by atoms with Gasteiger partial charge in [-0.15, -0.1) is 0 Å². The van der Waals surface area contributed by atoms with E-state index in [-0.39, 0.29) is 11.6 Å². The maximum absolute atomic E-state index is 12.4. The molecule has 2 rings (SSSR count). The second kappa shape index (κ2) is 4.65. The van der Waals surface area contributed by atoms with Gasteiger partial charge >= 0.3 is 0 Å². The standard InChI is InChI=1S/C13H12Br2O2/c1-2-13(11(17)12(14)15)7-8-5-3-4-6-9(8)10(13)16/h3-6,12H,2,7H2,1H3. The van der Waals surface area contributed by atoms with Crippen LogP contribution in [0.5, 0.6) is 0 Å². The van der Waals surface area contributed by atoms with Gasteiger partial charge in [-0.2, -0.15) is 0 Å². The molecule has 17 heavy (non-hydrogen) atoms. The molecule has 90 valence electrons. The topological polar surface area (TPSA) is 34.1 Å². The fourth-order valence-electron chi connectivity index (χ4n) is 2.43. The first kappa shape index (κ1) is 13.0. The highest BCUT2D eigenvalue weighted by atomic mass is 79.9. The number of Topliss-reactive ketones (excluding diaryl/α,β-unsaturated/α-hetero) is 2. The van der Waals surface area contributed by atoms with E-state index in [1.54, 1.807) is 6.07 Å². The molecule has 0 bridgehead atoms. The molecule has 1 aromatic carbocycles. The maximum atomic E-state index is 12.4. The Morgan fingerprint density at radius 2 is 2.06 bits per heavy atom. The number of carbonyl (C=O) groups excluding carboxylic acids is 2. The van der Waals surface area contributed by atoms with Crippen molar-refractivity contribution in [2.75, 3.05) is 0 Å². The summed E-state index contributed by atoms with van der Waals surface area (Å²) in [6.07, 6.45) is 1.05. The van der Waals surface area contributed by atoms with Gasteiger partial charge in [-0.25, -0.2) is 0 Å². The van der Waals surface area contributed by atoms with Crippen LogP contribution in [0.3, 0.4) is 0 Å². The second-order valence-electron chi connectivity index (χ2n) is 4.26. The highest BCUT2D eigenvalue weighted by molar-refractivity contribution is 9.25. The van der Waals surface area contributed by atoms with E-state index in [0.29, 0.717) is 18.4 Å². The van der Waals surface area contributed by atoms with Gasteiger partial charge in [-0.1, -0.05) is 63.0 Å². The number of halogens is 2. The highest BCUT2D eigenvalue weighted by Gasteiger charge is 2.50. The minimum atomic E-state index is -0.888. The van der Waals surface area contributed by atoms with Crippen LogP contribution in [0.4, 0.5) is 0 Å². The molecule has 0 aromatic heterocycles. The number of fused-ring (bicyclic) bond motifs is 1. The lowest BCUT2D eigenvalue weighted by Gasteiger charge is -2.24. The Labute approximate surface area is 117 Å². The van der Waals surface area contributed by atoms with Crippen LogP contribution in [0.2, 0.25) is 0 Å². The Balaban J connectivity index is 2.49. The Kier molecular flexibility index (Phi) is 3.55. The zero-order valence-electron chi connectivity index (χ0n) is 9.37. The molecule has 0 radical (unpaired) electrons. The van der Waals surface area contributed by atoms with Gasteiger partial charge in [0.25, 0.3) is 0 Å². The zero-order chi connectivity index (χ0) is 12.6. The first-order valence-corrected chi connectivity index (χ1v) is 7.31. The SMILES string of the molecule is CCC1(C(=O)C(Br)Br)Cc2ccccc2C1=O. The Bertz CT molecular complexity index is 482. The van der Waals surface area contributed by atoms with Crippen molar-refractivity contribution < 1.29 is 9.59 Å². The lowest BCUT2D eigenvalue weighted by Crippen LogP contribution is -2.39. The molecule has 2 nitrogen and oxygen atoms in total. The number of carbonyl (C=O) groups is 2. The third kappa shape index (κ3) is 1.91. The van der Waals surface area contributed by atoms with E-state index in [2.05, 4.69) is 31.9 Å². The molecule has 0 aliphatic heterocycles. The van der Waals surface area contributed by atoms with Crippen LogP contribution in [0, 0.1) is 5.41 Å². The average molecular weight is 360 g/mol. The van der Waals surface area contributed by atoms with E-state index in [1.807, 2.05) is 25.1 Å². The van der Waals surface area contributed by atoms with Crippen molar-refractivity contribution in [3.05, 3.63) is 35.4 Å². The third-order valence-corrected chi connectivity index (χ3v) is 4.29. The number of benzene rings is 1. The molecular formula is C13H12Br2O2. The van der Waals surface area contributed by atoms with Crippen LogP contribution in [0.15, 0.2) is 24.3 Å². The molecule has 1 atom stereocenters. The molecule has 0 amide bonds. The minimum Gasteiger partial charge on any atom is -0.296 e. The summed E-state index contributed by atoms with van der Waals surface area (Å²) in [4.78, 5) is 24.7. The molecule has 0 spiro atoms. The zero-order valence-corrected chi connectivity index (χ0v) is 12.5. The van der Waals surface area contributed by atoms with Crippen molar-refractivity contribution in [1.82, 2.24) is 0 Å². The summed E-state index contributed by atoms with van der Waals surface area (Å²) in [5.41, 5.74) is 0.790. The van der Waals surface area contributed by atoms with Crippen molar-refractivity contribution in [1.29, 1.82) is 0 Å². The first-order chi connectivity index (χ1) is 8.03. The number of alkyl halides is 2. The normalized spacial score (nSPS) is 22.9. The average Bonchev–Trinajstić information content (AvgIpc) is 2.63. The summed E-state index contributed by atoms with van der Waals surface area (Å²) in [6, 6.07) is 7.48. The maximum Gasteiger partial charge on any atom is 0.177 e. The van der Waals surface area contributed by atoms with Crippen LogP contribution in [-0.2, 0) is 11.2 Å². The largest absolute Gasteiger partial charge is 0.296 e. The smallest absolute Gasteiger partial charge is 0.177 e. The molecule has 0 heterocycles. The number of hydrogen-bond acceptors (Lipinski definition) is 2. The van der Waals surface area contributed by atoms with Crippen LogP contribution in [0.25, 0.3) is 0 Å². The van der Waals surface area contributed by atoms with Crippen LogP contribution < -0.4 is 0 Å². The van der Waals surface area contributed by atoms with E-state index in [0.717, 1.165) is 5.56 Å². The molecule has 1 aliphatic carbocycles. The van der Waals surface area contributed by atoms with Crippen molar-refractivity contribution in [2.24, 2.45) is 5.41 Å². The van der Waals surface area contributed by atoms with Crippen LogP contribution in [-0.4, -0.2) is 15.3 Å². The van der Waals surface area contributed by atoms with Gasteiger partial charge in [0.1, 0.15) is 3.74 Å². The van der Waals surface area contributed by atoms with E-state index in [4.69, 9.17) is 0 Å². The molecule has 1 aromatic rings. The summed E-state index contributed by atoms with van der Waals surface area (Å²) in [7, 11) is 0. The first-order valence-electron chi connectivity index (χ1n) is 5.48. The summed E-state index contributed by atoms with van der Waals surface area (Å²) in [5, 5.41) is 0. The lowest BCUT2D eigenvalue weighted by molar-refractivity contribution is -0.124. The Morgan fingerprint density at radius 1 is 1.41 bits per heavy atom. The van der Waals surface area contributed by atoms with Crippen LogP contribution >= 0.6 is 31.9 Å². The second-order valence-corrected chi connectivity index (χ2v) is 7.32. The summed E-state index contributed by atoms with van der Waals surface area (Å²) < 4.78 is -0.465. The van der Waals surface area contributed by atoms with E-state index in [1.165, 1.54) is 0 Å². The number of ketones is 2. The molecule has 4 heteroatoms. The Hall–Kier alpha value is -0.480. The van der Waals surface area contributed by atoms with Crippen LogP contribution in [0.1, 0.15) is 29.3 Å². The molecular weight excluding hydrogens is 348 g/mol.